The second-order valence-corrected chi connectivity index (χ2v) is 4.31. The first-order valence-electron chi connectivity index (χ1n) is 5.38. The fourth-order valence-corrected chi connectivity index (χ4v) is 1.56. The van der Waals surface area contributed by atoms with Crippen LogP contribution in [0.25, 0.3) is 6.08 Å². The third-order valence-electron chi connectivity index (χ3n) is 2.62. The van der Waals surface area contributed by atoms with Crippen molar-refractivity contribution in [1.82, 2.24) is 0 Å². The zero-order valence-electron chi connectivity index (χ0n) is 8.86. The van der Waals surface area contributed by atoms with Crippen molar-refractivity contribution in [3.05, 3.63) is 40.9 Å². The maximum atomic E-state index is 11.4. The quantitative estimate of drug-likeness (QED) is 0.594. The molecule has 0 aromatic heterocycles. The van der Waals surface area contributed by atoms with Crippen molar-refractivity contribution in [2.24, 2.45) is 0 Å². The standard InChI is InChI=1S/C13H13ClO2/c14-11-7-4-10(5-8-11)6-9-13(15)16-12-2-1-3-12/h4-9,12H,1-3H2/b9-6+. The van der Waals surface area contributed by atoms with Gasteiger partial charge >= 0.3 is 5.97 Å². The predicted molar refractivity (Wildman–Crippen MR) is 64.2 cm³/mol. The summed E-state index contributed by atoms with van der Waals surface area (Å²) in [7, 11) is 0. The van der Waals surface area contributed by atoms with Gasteiger partial charge in [-0.05, 0) is 43.0 Å². The molecule has 2 rings (SSSR count). The largest absolute Gasteiger partial charge is 0.459 e. The SMILES string of the molecule is O=C(/C=C/c1ccc(Cl)cc1)OC1CCC1. The Bertz CT molecular complexity index is 391. The van der Waals surface area contributed by atoms with E-state index in [1.165, 1.54) is 12.5 Å². The molecule has 1 fully saturated rings. The fraction of sp³-hybridized carbons (Fsp3) is 0.308. The number of benzene rings is 1. The van der Waals surface area contributed by atoms with Crippen LogP contribution in [0.3, 0.4) is 0 Å². The van der Waals surface area contributed by atoms with Gasteiger partial charge in [-0.15, -0.1) is 0 Å². The Hall–Kier alpha value is -1.28. The van der Waals surface area contributed by atoms with E-state index in [9.17, 15) is 4.79 Å². The molecule has 1 aliphatic carbocycles. The molecule has 1 aromatic rings. The number of hydrogen-bond acceptors (Lipinski definition) is 2. The summed E-state index contributed by atoms with van der Waals surface area (Å²) < 4.78 is 5.18. The number of carbonyl (C=O) groups excluding carboxylic acids is 1. The van der Waals surface area contributed by atoms with Gasteiger partial charge in [0.05, 0.1) is 0 Å². The van der Waals surface area contributed by atoms with Crippen molar-refractivity contribution in [2.45, 2.75) is 25.4 Å². The summed E-state index contributed by atoms with van der Waals surface area (Å²) in [6.45, 7) is 0. The van der Waals surface area contributed by atoms with Crippen LogP contribution in [-0.4, -0.2) is 12.1 Å². The zero-order chi connectivity index (χ0) is 11.4. The van der Waals surface area contributed by atoms with E-state index in [0.717, 1.165) is 18.4 Å². The topological polar surface area (TPSA) is 26.3 Å². The first-order valence-corrected chi connectivity index (χ1v) is 5.76. The summed E-state index contributed by atoms with van der Waals surface area (Å²) in [5.41, 5.74) is 0.940. The van der Waals surface area contributed by atoms with Gasteiger partial charge in [-0.3, -0.25) is 0 Å². The third kappa shape index (κ3) is 3.11. The average Bonchev–Trinajstić information content (AvgIpc) is 2.23. The number of hydrogen-bond donors (Lipinski definition) is 0. The van der Waals surface area contributed by atoms with E-state index in [-0.39, 0.29) is 12.1 Å². The minimum atomic E-state index is -0.264. The molecule has 16 heavy (non-hydrogen) atoms. The molecular weight excluding hydrogens is 224 g/mol. The second-order valence-electron chi connectivity index (χ2n) is 3.87. The minimum absolute atomic E-state index is 0.141. The molecule has 84 valence electrons. The first-order chi connectivity index (χ1) is 7.74. The lowest BCUT2D eigenvalue weighted by molar-refractivity contribution is -0.146. The third-order valence-corrected chi connectivity index (χ3v) is 2.87. The van der Waals surface area contributed by atoms with Crippen molar-refractivity contribution in [3.63, 3.8) is 0 Å². The maximum Gasteiger partial charge on any atom is 0.331 e. The van der Waals surface area contributed by atoms with Crippen molar-refractivity contribution in [2.75, 3.05) is 0 Å². The second kappa shape index (κ2) is 5.17. The monoisotopic (exact) mass is 236 g/mol. The lowest BCUT2D eigenvalue weighted by Gasteiger charge is -2.24. The average molecular weight is 237 g/mol. The maximum absolute atomic E-state index is 11.4. The van der Waals surface area contributed by atoms with Gasteiger partial charge in [-0.1, -0.05) is 23.7 Å². The smallest absolute Gasteiger partial charge is 0.331 e. The van der Waals surface area contributed by atoms with Gasteiger partial charge in [0.1, 0.15) is 6.10 Å². The Labute approximate surface area is 99.9 Å². The summed E-state index contributed by atoms with van der Waals surface area (Å²) >= 11 is 5.75. The molecule has 0 N–H and O–H groups in total. The van der Waals surface area contributed by atoms with E-state index < -0.39 is 0 Å². The highest BCUT2D eigenvalue weighted by molar-refractivity contribution is 6.30. The van der Waals surface area contributed by atoms with E-state index >= 15 is 0 Å². The molecule has 0 heterocycles. The van der Waals surface area contributed by atoms with Crippen molar-refractivity contribution in [1.29, 1.82) is 0 Å². The zero-order valence-corrected chi connectivity index (χ0v) is 9.61. The molecular formula is C13H13ClO2. The van der Waals surface area contributed by atoms with E-state index in [0.29, 0.717) is 5.02 Å². The number of rotatable bonds is 3. The van der Waals surface area contributed by atoms with Crippen LogP contribution in [0.15, 0.2) is 30.3 Å². The van der Waals surface area contributed by atoms with Crippen molar-refractivity contribution >= 4 is 23.6 Å². The molecule has 0 radical (unpaired) electrons. The molecule has 3 heteroatoms. The lowest BCUT2D eigenvalue weighted by Crippen LogP contribution is -2.23. The molecule has 0 unspecified atom stereocenters. The van der Waals surface area contributed by atoms with Gasteiger partial charge in [0, 0.05) is 11.1 Å². The number of ether oxygens (including phenoxy) is 1. The number of halogens is 1. The summed E-state index contributed by atoms with van der Waals surface area (Å²) in [6.07, 6.45) is 6.50. The Morgan fingerprint density at radius 3 is 2.56 bits per heavy atom. The summed E-state index contributed by atoms with van der Waals surface area (Å²) in [5, 5.41) is 0.689. The van der Waals surface area contributed by atoms with Gasteiger partial charge in [0.25, 0.3) is 0 Å². The first kappa shape index (κ1) is 11.2. The molecule has 1 aromatic carbocycles. The Morgan fingerprint density at radius 2 is 2.00 bits per heavy atom. The lowest BCUT2D eigenvalue weighted by atomic mass is 9.96. The summed E-state index contributed by atoms with van der Waals surface area (Å²) in [5.74, 6) is -0.264. The molecule has 1 aliphatic rings. The van der Waals surface area contributed by atoms with Crippen LogP contribution < -0.4 is 0 Å². The van der Waals surface area contributed by atoms with Crippen LogP contribution >= 0.6 is 11.6 Å². The molecule has 0 saturated heterocycles. The van der Waals surface area contributed by atoms with Crippen LogP contribution in [0.4, 0.5) is 0 Å². The van der Waals surface area contributed by atoms with Crippen LogP contribution in [0.1, 0.15) is 24.8 Å². The number of carbonyl (C=O) groups is 1. The highest BCUT2D eigenvalue weighted by Crippen LogP contribution is 2.22. The molecule has 0 spiro atoms. The molecule has 0 amide bonds. The van der Waals surface area contributed by atoms with E-state index in [4.69, 9.17) is 16.3 Å². The van der Waals surface area contributed by atoms with Crippen LogP contribution in [0, 0.1) is 0 Å². The Morgan fingerprint density at radius 1 is 1.31 bits per heavy atom. The van der Waals surface area contributed by atoms with Crippen molar-refractivity contribution in [3.8, 4) is 0 Å². The molecule has 1 saturated carbocycles. The molecule has 0 atom stereocenters. The molecule has 0 aliphatic heterocycles. The highest BCUT2D eigenvalue weighted by Gasteiger charge is 2.20. The van der Waals surface area contributed by atoms with Gasteiger partial charge < -0.3 is 4.74 Å². The van der Waals surface area contributed by atoms with E-state index in [2.05, 4.69) is 0 Å². The fourth-order valence-electron chi connectivity index (χ4n) is 1.43. The highest BCUT2D eigenvalue weighted by atomic mass is 35.5. The van der Waals surface area contributed by atoms with Gasteiger partial charge in [-0.25, -0.2) is 4.79 Å². The Kier molecular flexibility index (Phi) is 3.62. The normalized spacial score (nSPS) is 16.1. The Balaban J connectivity index is 1.87. The molecule has 2 nitrogen and oxygen atoms in total. The minimum Gasteiger partial charge on any atom is -0.459 e. The van der Waals surface area contributed by atoms with Gasteiger partial charge in [0.2, 0.25) is 0 Å². The molecule has 0 bridgehead atoms. The summed E-state index contributed by atoms with van der Waals surface area (Å²) in [6, 6.07) is 7.29. The summed E-state index contributed by atoms with van der Waals surface area (Å²) in [4.78, 5) is 11.4. The van der Waals surface area contributed by atoms with Crippen LogP contribution in [0.5, 0.6) is 0 Å². The van der Waals surface area contributed by atoms with Gasteiger partial charge in [0.15, 0.2) is 0 Å². The van der Waals surface area contributed by atoms with E-state index in [1.807, 2.05) is 12.1 Å². The van der Waals surface area contributed by atoms with Crippen LogP contribution in [-0.2, 0) is 9.53 Å². The van der Waals surface area contributed by atoms with Crippen molar-refractivity contribution < 1.29 is 9.53 Å². The van der Waals surface area contributed by atoms with Crippen LogP contribution in [0.2, 0.25) is 5.02 Å². The van der Waals surface area contributed by atoms with Gasteiger partial charge in [-0.2, -0.15) is 0 Å². The predicted octanol–water partition coefficient (Wildman–Crippen LogP) is 3.45. The number of esters is 1. The van der Waals surface area contributed by atoms with E-state index in [1.54, 1.807) is 18.2 Å².